The van der Waals surface area contributed by atoms with E-state index < -0.39 is 0 Å². The Hall–Kier alpha value is -0.422. The molecule has 0 saturated heterocycles. The summed E-state index contributed by atoms with van der Waals surface area (Å²) in [5.41, 5.74) is 1.71. The van der Waals surface area contributed by atoms with Crippen molar-refractivity contribution in [1.82, 2.24) is 0 Å². The van der Waals surface area contributed by atoms with Crippen LogP contribution in [-0.2, 0) is 25.9 Å². The van der Waals surface area contributed by atoms with Crippen molar-refractivity contribution >= 4 is 6.29 Å². The first-order valence-electron chi connectivity index (χ1n) is 2.78. The normalized spacial score (nSPS) is 7.36. The molecule has 1 aromatic rings. The Bertz CT molecular complexity index is 221. The molecule has 1 aromatic carbocycles. The van der Waals surface area contributed by atoms with Crippen LogP contribution in [0, 0.1) is 14.4 Å². The van der Waals surface area contributed by atoms with Crippen LogP contribution in [0.1, 0.15) is 11.1 Å². The van der Waals surface area contributed by atoms with E-state index in [1.165, 1.54) is 0 Å². The maximum atomic E-state index is 10.0. The number of hydrogen-bond acceptors (Lipinski definition) is 1. The Morgan fingerprint density at radius 1 is 1.36 bits per heavy atom. The minimum absolute atomic E-state index is 0. The summed E-state index contributed by atoms with van der Waals surface area (Å²) < 4.78 is 0. The maximum absolute atomic E-state index is 10.0. The fourth-order valence-electron chi connectivity index (χ4n) is 0.709. The van der Waals surface area contributed by atoms with Crippen molar-refractivity contribution in [3.63, 3.8) is 0 Å². The summed E-state index contributed by atoms with van der Waals surface area (Å²) in [6.45, 7) is 1.95. The molecule has 0 heterocycles. The third kappa shape index (κ3) is 4.10. The molecule has 0 aliphatic carbocycles. The van der Waals surface area contributed by atoms with Crippen LogP contribution in [0.4, 0.5) is 0 Å². The Labute approximate surface area is 82.1 Å². The van der Waals surface area contributed by atoms with Crippen LogP contribution in [0.15, 0.2) is 24.3 Å². The average Bonchev–Trinajstić information content (AvgIpc) is 1.88. The van der Waals surface area contributed by atoms with Crippen LogP contribution in [0.3, 0.4) is 0 Å². The van der Waals surface area contributed by atoms with Gasteiger partial charge in [0.25, 0.3) is 0 Å². The second-order valence-electron chi connectivity index (χ2n) is 1.97. The summed E-state index contributed by atoms with van der Waals surface area (Å²) in [7, 11) is 0. The summed E-state index contributed by atoms with van der Waals surface area (Å²) in [6.07, 6.45) is 1.82. The van der Waals surface area contributed by atoms with Crippen molar-refractivity contribution in [2.24, 2.45) is 0 Å². The smallest absolute Gasteiger partial charge is 0.376 e. The molecule has 11 heavy (non-hydrogen) atoms. The number of carbonyl (C=O) groups excluding carboxylic acids is 1. The second kappa shape index (κ2) is 6.30. The molecular formula is C9H10OW. The topological polar surface area (TPSA) is 17.1 Å². The largest absolute Gasteiger partial charge is 2.00 e. The van der Waals surface area contributed by atoms with Crippen LogP contribution >= 0.6 is 0 Å². The standard InChI is InChI=1S/C8H7O.CH3.W/c1-7-3-2-4-8(5-7)6-9;;/h2-5H,1H3;1H3;/q2*-1;+2. The Balaban J connectivity index is 0. The van der Waals surface area contributed by atoms with Gasteiger partial charge in [0.2, 0.25) is 0 Å². The van der Waals surface area contributed by atoms with Crippen LogP contribution in [0.2, 0.25) is 0 Å². The first-order valence-corrected chi connectivity index (χ1v) is 2.78. The zero-order chi connectivity index (χ0) is 6.69. The van der Waals surface area contributed by atoms with Gasteiger partial charge < -0.3 is 12.2 Å². The Morgan fingerprint density at radius 3 is 2.36 bits per heavy atom. The molecule has 0 radical (unpaired) electrons. The van der Waals surface area contributed by atoms with Crippen molar-refractivity contribution in [2.75, 3.05) is 0 Å². The molecule has 0 fully saturated rings. The number of aryl methyl sites for hydroxylation is 1. The minimum atomic E-state index is 0. The fourth-order valence-corrected chi connectivity index (χ4v) is 0.709. The van der Waals surface area contributed by atoms with Gasteiger partial charge in [-0.2, -0.15) is 17.7 Å². The molecule has 58 valence electrons. The van der Waals surface area contributed by atoms with E-state index in [0.29, 0.717) is 5.56 Å². The summed E-state index contributed by atoms with van der Waals surface area (Å²) in [6, 6.07) is 7.32. The van der Waals surface area contributed by atoms with E-state index in [1.54, 1.807) is 12.1 Å². The van der Waals surface area contributed by atoms with Gasteiger partial charge in [-0.1, -0.05) is 13.0 Å². The van der Waals surface area contributed by atoms with Gasteiger partial charge in [0.05, 0.1) is 6.29 Å². The van der Waals surface area contributed by atoms with Crippen molar-refractivity contribution in [1.29, 1.82) is 0 Å². The molecule has 0 spiro atoms. The molecule has 0 aliphatic heterocycles. The zero-order valence-electron chi connectivity index (χ0n) is 6.63. The summed E-state index contributed by atoms with van der Waals surface area (Å²) in [5.74, 6) is 0. The number of benzene rings is 1. The van der Waals surface area contributed by atoms with Crippen LogP contribution in [0.25, 0.3) is 0 Å². The van der Waals surface area contributed by atoms with Crippen LogP contribution in [0.5, 0.6) is 0 Å². The fraction of sp³-hybridized carbons (Fsp3) is 0.111. The zero-order valence-corrected chi connectivity index (χ0v) is 9.56. The third-order valence-corrected chi connectivity index (χ3v) is 1.14. The molecule has 0 N–H and O–H groups in total. The minimum Gasteiger partial charge on any atom is -0.376 e. The summed E-state index contributed by atoms with van der Waals surface area (Å²) in [4.78, 5) is 10.0. The number of rotatable bonds is 1. The molecular weight excluding hydrogens is 308 g/mol. The van der Waals surface area contributed by atoms with Crippen molar-refractivity contribution in [3.8, 4) is 0 Å². The number of hydrogen-bond donors (Lipinski definition) is 0. The van der Waals surface area contributed by atoms with Crippen molar-refractivity contribution < 1.29 is 25.9 Å². The van der Waals surface area contributed by atoms with Gasteiger partial charge in [-0.25, -0.2) is 0 Å². The van der Waals surface area contributed by atoms with E-state index in [9.17, 15) is 4.79 Å². The summed E-state index contributed by atoms with van der Waals surface area (Å²) >= 11 is 0. The van der Waals surface area contributed by atoms with Gasteiger partial charge in [0.1, 0.15) is 0 Å². The third-order valence-electron chi connectivity index (χ3n) is 1.14. The van der Waals surface area contributed by atoms with Crippen molar-refractivity contribution in [2.45, 2.75) is 6.92 Å². The van der Waals surface area contributed by atoms with E-state index in [-0.39, 0.29) is 28.5 Å². The van der Waals surface area contributed by atoms with E-state index in [0.717, 1.165) is 5.56 Å². The first kappa shape index (κ1) is 13.2. The van der Waals surface area contributed by atoms with Gasteiger partial charge in [0, 0.05) is 0 Å². The van der Waals surface area contributed by atoms with Gasteiger partial charge in [-0.15, -0.1) is 11.6 Å². The quantitative estimate of drug-likeness (QED) is 0.723. The van der Waals surface area contributed by atoms with E-state index in [4.69, 9.17) is 0 Å². The van der Waals surface area contributed by atoms with E-state index >= 15 is 0 Å². The van der Waals surface area contributed by atoms with Gasteiger partial charge in [0.15, 0.2) is 0 Å². The van der Waals surface area contributed by atoms with E-state index in [1.807, 2.05) is 25.3 Å². The molecule has 1 rings (SSSR count). The van der Waals surface area contributed by atoms with Gasteiger partial charge in [-0.3, -0.25) is 0 Å². The molecule has 0 aliphatic rings. The van der Waals surface area contributed by atoms with Crippen LogP contribution in [-0.4, -0.2) is 6.29 Å². The first-order chi connectivity index (χ1) is 4.33. The average molecular weight is 318 g/mol. The Morgan fingerprint density at radius 2 is 2.00 bits per heavy atom. The van der Waals surface area contributed by atoms with Crippen LogP contribution < -0.4 is 0 Å². The van der Waals surface area contributed by atoms with E-state index in [2.05, 4.69) is 0 Å². The molecule has 0 amide bonds. The second-order valence-corrected chi connectivity index (χ2v) is 1.97. The maximum Gasteiger partial charge on any atom is 2.00 e. The molecule has 0 atom stereocenters. The Kier molecular flexibility index (Phi) is 7.55. The molecule has 0 unspecified atom stereocenters. The van der Waals surface area contributed by atoms with Gasteiger partial charge >= 0.3 is 21.1 Å². The van der Waals surface area contributed by atoms with Gasteiger partial charge in [-0.05, 0) is 0 Å². The molecule has 1 nitrogen and oxygen atoms in total. The molecule has 2 heteroatoms. The predicted molar refractivity (Wildman–Crippen MR) is 42.4 cm³/mol. The monoisotopic (exact) mass is 318 g/mol. The predicted octanol–water partition coefficient (Wildman–Crippen LogP) is 1.90. The molecule has 0 bridgehead atoms. The SMILES string of the molecule is Cc1cccc([C-]=O)c1.[CH3-].[W+2]. The molecule has 0 aromatic heterocycles. The molecule has 0 saturated carbocycles. The van der Waals surface area contributed by atoms with Crippen molar-refractivity contribution in [3.05, 3.63) is 42.8 Å². The summed E-state index contributed by atoms with van der Waals surface area (Å²) in [5, 5.41) is 0.